The van der Waals surface area contributed by atoms with Crippen LogP contribution in [0.5, 0.6) is 0 Å². The van der Waals surface area contributed by atoms with E-state index < -0.39 is 0 Å². The smallest absolute Gasteiger partial charge is 0.296 e. The van der Waals surface area contributed by atoms with E-state index in [1.54, 1.807) is 36.2 Å². The zero-order valence-electron chi connectivity index (χ0n) is 11.8. The number of benzene rings is 1. The normalized spacial score (nSPS) is 11.0. The van der Waals surface area contributed by atoms with Gasteiger partial charge in [0.2, 0.25) is 0 Å². The second-order valence-corrected chi connectivity index (χ2v) is 4.73. The Balaban J connectivity index is 2.24. The zero-order valence-corrected chi connectivity index (χ0v) is 11.8. The summed E-state index contributed by atoms with van der Waals surface area (Å²) in [4.78, 5) is 18.8. The highest BCUT2D eigenvalue weighted by Crippen LogP contribution is 2.25. The van der Waals surface area contributed by atoms with Crippen molar-refractivity contribution in [1.82, 2.24) is 14.6 Å². The topological polar surface area (TPSA) is 53.4 Å². The third kappa shape index (κ3) is 2.18. The molecule has 108 valence electrons. The van der Waals surface area contributed by atoms with E-state index in [0.717, 1.165) is 0 Å². The van der Waals surface area contributed by atoms with Crippen LogP contribution in [0.1, 0.15) is 12.6 Å². The molecule has 5 nitrogen and oxygen atoms in total. The summed E-state index contributed by atoms with van der Waals surface area (Å²) in [5.74, 6) is -0.336. The lowest BCUT2D eigenvalue weighted by Gasteiger charge is -2.23. The number of aromatic nitrogens is 3. The first kappa shape index (κ1) is 13.4. The molecule has 21 heavy (non-hydrogen) atoms. The van der Waals surface area contributed by atoms with Crippen molar-refractivity contribution in [2.45, 2.75) is 13.8 Å². The Morgan fingerprint density at radius 2 is 2.19 bits per heavy atom. The molecule has 0 fully saturated rings. The van der Waals surface area contributed by atoms with Gasteiger partial charge >= 0.3 is 0 Å². The third-order valence-corrected chi connectivity index (χ3v) is 3.40. The zero-order chi connectivity index (χ0) is 15.0. The fourth-order valence-electron chi connectivity index (χ4n) is 2.49. The minimum atomic E-state index is -0.336. The molecule has 3 rings (SSSR count). The number of H-pyrrole nitrogens is 1. The van der Waals surface area contributed by atoms with Crippen molar-refractivity contribution < 1.29 is 4.39 Å². The fourth-order valence-corrected chi connectivity index (χ4v) is 2.49. The highest BCUT2D eigenvalue weighted by molar-refractivity contribution is 5.65. The maximum atomic E-state index is 13.5. The van der Waals surface area contributed by atoms with Gasteiger partial charge in [-0.2, -0.15) is 4.52 Å². The van der Waals surface area contributed by atoms with Crippen molar-refractivity contribution in [3.8, 4) is 0 Å². The van der Waals surface area contributed by atoms with Gasteiger partial charge in [-0.1, -0.05) is 6.07 Å². The summed E-state index contributed by atoms with van der Waals surface area (Å²) < 4.78 is 14.8. The molecule has 2 aromatic heterocycles. The lowest BCUT2D eigenvalue weighted by molar-refractivity contribution is 0.627. The Morgan fingerprint density at radius 3 is 2.90 bits per heavy atom. The molecule has 3 aromatic rings. The Labute approximate surface area is 120 Å². The maximum Gasteiger partial charge on any atom is 0.296 e. The van der Waals surface area contributed by atoms with Gasteiger partial charge in [0.25, 0.3) is 5.56 Å². The van der Waals surface area contributed by atoms with E-state index in [1.165, 1.54) is 16.6 Å². The Hall–Kier alpha value is -2.63. The standard InChI is InChI=1S/C15H15FN4O/c1-3-19(12-6-4-5-11(16)9-12)14-10(2)18-13-7-8-17-20(13)15(14)21/h4-9,17H,3H2,1-2H3. The number of aromatic amines is 1. The quantitative estimate of drug-likeness (QED) is 0.805. The minimum Gasteiger partial charge on any atom is -0.336 e. The Bertz CT molecular complexity index is 852. The number of nitrogens with one attached hydrogen (secondary N) is 1. The molecule has 0 aliphatic rings. The predicted octanol–water partition coefficient (Wildman–Crippen LogP) is 2.63. The van der Waals surface area contributed by atoms with Gasteiger partial charge in [-0.25, -0.2) is 9.37 Å². The number of hydrogen-bond acceptors (Lipinski definition) is 3. The number of rotatable bonds is 3. The molecule has 0 bridgehead atoms. The van der Waals surface area contributed by atoms with E-state index in [-0.39, 0.29) is 11.4 Å². The van der Waals surface area contributed by atoms with Crippen molar-refractivity contribution in [3.63, 3.8) is 0 Å². The molecule has 0 aliphatic carbocycles. The van der Waals surface area contributed by atoms with Gasteiger partial charge in [-0.15, -0.1) is 0 Å². The lowest BCUT2D eigenvalue weighted by atomic mass is 10.2. The van der Waals surface area contributed by atoms with Crippen LogP contribution in [0.4, 0.5) is 15.8 Å². The summed E-state index contributed by atoms with van der Waals surface area (Å²) in [5.41, 5.74) is 2.06. The Morgan fingerprint density at radius 1 is 1.38 bits per heavy atom. The van der Waals surface area contributed by atoms with E-state index in [0.29, 0.717) is 29.3 Å². The van der Waals surface area contributed by atoms with Crippen LogP contribution in [-0.2, 0) is 0 Å². The average molecular weight is 286 g/mol. The highest BCUT2D eigenvalue weighted by atomic mass is 19.1. The molecule has 0 spiro atoms. The summed E-state index contributed by atoms with van der Waals surface area (Å²) in [5, 5.41) is 2.84. The predicted molar refractivity (Wildman–Crippen MR) is 79.6 cm³/mol. The number of anilines is 2. The van der Waals surface area contributed by atoms with Crippen LogP contribution in [0.15, 0.2) is 41.3 Å². The third-order valence-electron chi connectivity index (χ3n) is 3.40. The summed E-state index contributed by atoms with van der Waals surface area (Å²) in [7, 11) is 0. The molecule has 1 N–H and O–H groups in total. The van der Waals surface area contributed by atoms with E-state index in [4.69, 9.17) is 0 Å². The van der Waals surface area contributed by atoms with Gasteiger partial charge in [0, 0.05) is 24.5 Å². The van der Waals surface area contributed by atoms with Gasteiger partial charge < -0.3 is 4.90 Å². The van der Waals surface area contributed by atoms with Crippen molar-refractivity contribution in [1.29, 1.82) is 0 Å². The van der Waals surface area contributed by atoms with Gasteiger partial charge in [0.1, 0.15) is 11.5 Å². The van der Waals surface area contributed by atoms with Crippen molar-refractivity contribution in [2.24, 2.45) is 0 Å². The van der Waals surface area contributed by atoms with Gasteiger partial charge in [-0.05, 0) is 32.0 Å². The van der Waals surface area contributed by atoms with Crippen molar-refractivity contribution in [3.05, 3.63) is 58.4 Å². The van der Waals surface area contributed by atoms with E-state index in [1.807, 2.05) is 6.92 Å². The fraction of sp³-hybridized carbons (Fsp3) is 0.200. The van der Waals surface area contributed by atoms with Crippen LogP contribution < -0.4 is 10.5 Å². The SMILES string of the molecule is CCN(c1cccc(F)c1)c1c(C)nc2cc[nH]n2c1=O. The van der Waals surface area contributed by atoms with Gasteiger partial charge in [0.05, 0.1) is 5.69 Å². The highest BCUT2D eigenvalue weighted by Gasteiger charge is 2.18. The largest absolute Gasteiger partial charge is 0.336 e. The van der Waals surface area contributed by atoms with E-state index in [2.05, 4.69) is 10.1 Å². The molecular formula is C15H15FN4O. The molecule has 0 atom stereocenters. The molecule has 0 saturated heterocycles. The number of aryl methyl sites for hydroxylation is 1. The molecule has 6 heteroatoms. The van der Waals surface area contributed by atoms with Crippen LogP contribution in [0.25, 0.3) is 5.65 Å². The van der Waals surface area contributed by atoms with Crippen LogP contribution in [0.2, 0.25) is 0 Å². The average Bonchev–Trinajstić information content (AvgIpc) is 2.91. The molecular weight excluding hydrogens is 271 g/mol. The van der Waals surface area contributed by atoms with Crippen LogP contribution in [-0.4, -0.2) is 21.1 Å². The maximum absolute atomic E-state index is 13.5. The number of fused-ring (bicyclic) bond motifs is 1. The van der Waals surface area contributed by atoms with Crippen molar-refractivity contribution in [2.75, 3.05) is 11.4 Å². The molecule has 0 aliphatic heterocycles. The monoisotopic (exact) mass is 286 g/mol. The van der Waals surface area contributed by atoms with Crippen molar-refractivity contribution >= 4 is 17.0 Å². The van der Waals surface area contributed by atoms with Gasteiger partial charge in [0.15, 0.2) is 5.65 Å². The molecule has 0 unspecified atom stereocenters. The first-order valence-electron chi connectivity index (χ1n) is 6.71. The number of hydrogen-bond donors (Lipinski definition) is 1. The second kappa shape index (κ2) is 5.05. The first-order chi connectivity index (χ1) is 10.1. The van der Waals surface area contributed by atoms with E-state index in [9.17, 15) is 9.18 Å². The molecule has 0 radical (unpaired) electrons. The summed E-state index contributed by atoms with van der Waals surface area (Å²) in [6.45, 7) is 4.23. The van der Waals surface area contributed by atoms with E-state index >= 15 is 0 Å². The summed E-state index contributed by atoms with van der Waals surface area (Å²) >= 11 is 0. The number of nitrogens with zero attached hydrogens (tertiary/aromatic N) is 3. The minimum absolute atomic E-state index is 0.200. The number of halogens is 1. The Kier molecular flexibility index (Phi) is 3.21. The van der Waals surface area contributed by atoms with Crippen LogP contribution in [0.3, 0.4) is 0 Å². The van der Waals surface area contributed by atoms with Crippen LogP contribution >= 0.6 is 0 Å². The first-order valence-corrected chi connectivity index (χ1v) is 6.71. The molecule has 0 amide bonds. The second-order valence-electron chi connectivity index (χ2n) is 4.73. The molecule has 2 heterocycles. The molecule has 1 aromatic carbocycles. The van der Waals surface area contributed by atoms with Crippen LogP contribution in [0, 0.1) is 12.7 Å². The summed E-state index contributed by atoms with van der Waals surface area (Å²) in [6.07, 6.45) is 1.66. The molecule has 0 saturated carbocycles. The lowest BCUT2D eigenvalue weighted by Crippen LogP contribution is -2.28. The van der Waals surface area contributed by atoms with Gasteiger partial charge in [-0.3, -0.25) is 9.89 Å². The summed E-state index contributed by atoms with van der Waals surface area (Å²) in [6, 6.07) is 7.92.